The van der Waals surface area contributed by atoms with E-state index in [4.69, 9.17) is 0 Å². The molecule has 244 valence electrons. The summed E-state index contributed by atoms with van der Waals surface area (Å²) in [5.74, 6) is -0.899. The van der Waals surface area contributed by atoms with Crippen molar-refractivity contribution >= 4 is 16.0 Å². The topological polar surface area (TPSA) is 104 Å². The fourth-order valence-corrected chi connectivity index (χ4v) is 6.09. The Morgan fingerprint density at radius 3 is 1.46 bits per heavy atom. The third-order valence-electron chi connectivity index (χ3n) is 7.97. The summed E-state index contributed by atoms with van der Waals surface area (Å²) in [5, 5.41) is 13.2. The molecule has 6 nitrogen and oxygen atoms in total. The molecule has 0 aromatic carbocycles. The van der Waals surface area contributed by atoms with Gasteiger partial charge in [-0.25, -0.2) is 0 Å². The average Bonchev–Trinajstić information content (AvgIpc) is 2.92. The van der Waals surface area contributed by atoms with Crippen molar-refractivity contribution in [3.63, 3.8) is 0 Å². The SMILES string of the molecule is CCCCCCCC/C=C\CCCCCCCCCCCC(=O)NC(CS(=O)(=O)O)C(O)CCCCCCCCC. The second-order valence-electron chi connectivity index (χ2n) is 12.1. The summed E-state index contributed by atoms with van der Waals surface area (Å²) in [6, 6.07) is -0.964. The number of rotatable bonds is 31. The van der Waals surface area contributed by atoms with Crippen molar-refractivity contribution < 1.29 is 22.9 Å². The predicted octanol–water partition coefficient (Wildman–Crippen LogP) is 9.46. The van der Waals surface area contributed by atoms with Crippen LogP contribution in [0.4, 0.5) is 0 Å². The van der Waals surface area contributed by atoms with Crippen LogP contribution in [0.25, 0.3) is 0 Å². The normalized spacial score (nSPS) is 13.6. The minimum absolute atomic E-state index is 0.252. The van der Waals surface area contributed by atoms with Crippen LogP contribution in [0.15, 0.2) is 12.2 Å². The summed E-state index contributed by atoms with van der Waals surface area (Å²) in [7, 11) is -4.29. The van der Waals surface area contributed by atoms with E-state index in [2.05, 4.69) is 31.3 Å². The molecule has 0 radical (unpaired) electrons. The van der Waals surface area contributed by atoms with Crippen LogP contribution in [0.2, 0.25) is 0 Å². The largest absolute Gasteiger partial charge is 0.391 e. The van der Waals surface area contributed by atoms with Crippen molar-refractivity contribution in [3.05, 3.63) is 12.2 Å². The van der Waals surface area contributed by atoms with Crippen LogP contribution in [0.3, 0.4) is 0 Å². The zero-order valence-electron chi connectivity index (χ0n) is 26.9. The molecular formula is C34H67NO5S. The predicted molar refractivity (Wildman–Crippen MR) is 175 cm³/mol. The number of hydrogen-bond donors (Lipinski definition) is 3. The van der Waals surface area contributed by atoms with Crippen molar-refractivity contribution in [2.24, 2.45) is 0 Å². The average molecular weight is 602 g/mol. The highest BCUT2D eigenvalue weighted by atomic mass is 32.2. The molecule has 2 atom stereocenters. The molecule has 0 saturated carbocycles. The maximum Gasteiger partial charge on any atom is 0.266 e. The summed E-state index contributed by atoms with van der Waals surface area (Å²) in [6.07, 6.45) is 33.2. The lowest BCUT2D eigenvalue weighted by molar-refractivity contribution is -0.122. The molecule has 0 rings (SSSR count). The second kappa shape index (κ2) is 29.2. The van der Waals surface area contributed by atoms with Gasteiger partial charge in [0.1, 0.15) is 0 Å². The van der Waals surface area contributed by atoms with Crippen LogP contribution in [-0.4, -0.2) is 41.9 Å². The first-order valence-electron chi connectivity index (χ1n) is 17.4. The zero-order chi connectivity index (χ0) is 30.4. The number of aliphatic hydroxyl groups is 1. The zero-order valence-corrected chi connectivity index (χ0v) is 27.7. The van der Waals surface area contributed by atoms with Gasteiger partial charge in [0.05, 0.1) is 17.9 Å². The van der Waals surface area contributed by atoms with Crippen molar-refractivity contribution in [1.29, 1.82) is 0 Å². The highest BCUT2D eigenvalue weighted by Gasteiger charge is 2.26. The first kappa shape index (κ1) is 40.1. The Morgan fingerprint density at radius 1 is 0.634 bits per heavy atom. The van der Waals surface area contributed by atoms with Gasteiger partial charge < -0.3 is 10.4 Å². The standard InChI is InChI=1S/C34H67NO5S/c1-3-5-7-9-11-12-13-14-15-16-17-18-19-20-21-22-24-26-28-30-34(37)35-32(31-41(38,39)40)33(36)29-27-25-23-10-8-6-4-2/h14-15,32-33,36H,3-13,16-31H2,1-2H3,(H,35,37)(H,38,39,40)/b15-14-. The van der Waals surface area contributed by atoms with Crippen LogP contribution >= 0.6 is 0 Å². The van der Waals surface area contributed by atoms with Crippen molar-refractivity contribution in [1.82, 2.24) is 5.32 Å². The molecular weight excluding hydrogens is 534 g/mol. The Kier molecular flexibility index (Phi) is 28.5. The minimum Gasteiger partial charge on any atom is -0.391 e. The highest BCUT2D eigenvalue weighted by Crippen LogP contribution is 2.14. The van der Waals surface area contributed by atoms with E-state index in [1.807, 2.05) is 0 Å². The van der Waals surface area contributed by atoms with Gasteiger partial charge in [0, 0.05) is 6.42 Å². The van der Waals surface area contributed by atoms with E-state index in [-0.39, 0.29) is 5.91 Å². The fourth-order valence-electron chi connectivity index (χ4n) is 5.33. The van der Waals surface area contributed by atoms with Gasteiger partial charge in [-0.05, 0) is 38.5 Å². The van der Waals surface area contributed by atoms with Gasteiger partial charge in [0.2, 0.25) is 5.91 Å². The first-order chi connectivity index (χ1) is 19.8. The summed E-state index contributed by atoms with van der Waals surface area (Å²) < 4.78 is 32.2. The van der Waals surface area contributed by atoms with Gasteiger partial charge in [-0.15, -0.1) is 0 Å². The van der Waals surface area contributed by atoms with Crippen molar-refractivity contribution in [2.45, 2.75) is 193 Å². The molecule has 0 fully saturated rings. The van der Waals surface area contributed by atoms with Crippen LogP contribution < -0.4 is 5.32 Å². The Hall–Kier alpha value is -0.920. The van der Waals surface area contributed by atoms with Gasteiger partial charge in [0.25, 0.3) is 10.1 Å². The molecule has 2 unspecified atom stereocenters. The lowest BCUT2D eigenvalue weighted by Gasteiger charge is -2.23. The molecule has 0 aromatic heterocycles. The molecule has 0 spiro atoms. The van der Waals surface area contributed by atoms with E-state index in [1.165, 1.54) is 116 Å². The first-order valence-corrected chi connectivity index (χ1v) is 19.0. The lowest BCUT2D eigenvalue weighted by Crippen LogP contribution is -2.47. The van der Waals surface area contributed by atoms with Gasteiger partial charge in [-0.1, -0.05) is 148 Å². The summed E-state index contributed by atoms with van der Waals surface area (Å²) in [4.78, 5) is 12.4. The molecule has 0 aliphatic carbocycles. The molecule has 7 heteroatoms. The maximum atomic E-state index is 12.4. The molecule has 0 aromatic rings. The van der Waals surface area contributed by atoms with Crippen LogP contribution in [-0.2, 0) is 14.9 Å². The number of aliphatic hydroxyl groups excluding tert-OH is 1. The molecule has 0 heterocycles. The fraction of sp³-hybridized carbons (Fsp3) is 0.912. The minimum atomic E-state index is -4.29. The summed E-state index contributed by atoms with van der Waals surface area (Å²) in [5.41, 5.74) is 0. The molecule has 0 aliphatic rings. The van der Waals surface area contributed by atoms with Crippen molar-refractivity contribution in [2.75, 3.05) is 5.75 Å². The summed E-state index contributed by atoms with van der Waals surface area (Å²) >= 11 is 0. The van der Waals surface area contributed by atoms with Gasteiger partial charge >= 0.3 is 0 Å². The highest BCUT2D eigenvalue weighted by molar-refractivity contribution is 7.85. The van der Waals surface area contributed by atoms with E-state index in [9.17, 15) is 22.9 Å². The van der Waals surface area contributed by atoms with Gasteiger partial charge in [-0.2, -0.15) is 8.42 Å². The van der Waals surface area contributed by atoms with Crippen LogP contribution in [0.5, 0.6) is 0 Å². The maximum absolute atomic E-state index is 12.4. The number of carbonyl (C=O) groups is 1. The number of amides is 1. The molecule has 1 amide bonds. The number of nitrogens with one attached hydrogen (secondary N) is 1. The monoisotopic (exact) mass is 601 g/mol. The quantitative estimate of drug-likeness (QED) is 0.0417. The van der Waals surface area contributed by atoms with E-state index < -0.39 is 28.0 Å². The molecule has 41 heavy (non-hydrogen) atoms. The Bertz CT molecular complexity index is 710. The Balaban J connectivity index is 3.81. The number of allylic oxidation sites excluding steroid dienone is 2. The van der Waals surface area contributed by atoms with Gasteiger partial charge in [0.15, 0.2) is 0 Å². The second-order valence-corrected chi connectivity index (χ2v) is 13.6. The summed E-state index contributed by atoms with van der Waals surface area (Å²) in [6.45, 7) is 4.44. The van der Waals surface area contributed by atoms with E-state index in [0.717, 1.165) is 38.5 Å². The molecule has 0 saturated heterocycles. The lowest BCUT2D eigenvalue weighted by atomic mass is 10.0. The van der Waals surface area contributed by atoms with Gasteiger partial charge in [-0.3, -0.25) is 9.35 Å². The Labute approximate surface area is 254 Å². The van der Waals surface area contributed by atoms with Crippen LogP contribution in [0, 0.1) is 0 Å². The number of hydrogen-bond acceptors (Lipinski definition) is 4. The third-order valence-corrected chi connectivity index (χ3v) is 8.75. The molecule has 0 bridgehead atoms. The third kappa shape index (κ3) is 30.3. The molecule has 0 aliphatic heterocycles. The Morgan fingerprint density at radius 2 is 1.02 bits per heavy atom. The number of unbranched alkanes of at least 4 members (excludes halogenated alkanes) is 21. The smallest absolute Gasteiger partial charge is 0.266 e. The number of carbonyl (C=O) groups excluding carboxylic acids is 1. The van der Waals surface area contributed by atoms with Crippen molar-refractivity contribution in [3.8, 4) is 0 Å². The molecule has 3 N–H and O–H groups in total. The van der Waals surface area contributed by atoms with Crippen LogP contribution in [0.1, 0.15) is 181 Å². The van der Waals surface area contributed by atoms with E-state index in [1.54, 1.807) is 0 Å². The van der Waals surface area contributed by atoms with E-state index in [0.29, 0.717) is 12.8 Å². The van der Waals surface area contributed by atoms with E-state index >= 15 is 0 Å².